The standard InChI is InChI=1S/C17H18N2O3/c20-15(19-8-2-1-3-9-19)12-5-6-14-13(11-12)17(16(21)18-14)7-4-10-22-17/h4-7,11H,1-3,8-10H2,(H,18,21). The first-order valence-corrected chi connectivity index (χ1v) is 7.78. The number of carbonyl (C=O) groups excluding carboxylic acids is 2. The minimum Gasteiger partial charge on any atom is -0.352 e. The van der Waals surface area contributed by atoms with Gasteiger partial charge in [-0.2, -0.15) is 0 Å². The molecule has 114 valence electrons. The predicted octanol–water partition coefficient (Wildman–Crippen LogP) is 2.05. The maximum Gasteiger partial charge on any atom is 0.265 e. The summed E-state index contributed by atoms with van der Waals surface area (Å²) in [7, 11) is 0. The zero-order valence-corrected chi connectivity index (χ0v) is 12.3. The molecular formula is C17H18N2O3. The highest BCUT2D eigenvalue weighted by Crippen LogP contribution is 2.42. The second kappa shape index (κ2) is 4.95. The van der Waals surface area contributed by atoms with E-state index in [1.54, 1.807) is 24.3 Å². The highest BCUT2D eigenvalue weighted by molar-refractivity contribution is 6.08. The lowest BCUT2D eigenvalue weighted by molar-refractivity contribution is -0.132. The SMILES string of the molecule is O=C(c1ccc2c(c1)C1(C=CCO1)C(=O)N2)N1CCCCC1. The largest absolute Gasteiger partial charge is 0.352 e. The van der Waals surface area contributed by atoms with Crippen molar-refractivity contribution in [2.45, 2.75) is 24.9 Å². The number of ether oxygens (including phenoxy) is 1. The fourth-order valence-electron chi connectivity index (χ4n) is 3.46. The van der Waals surface area contributed by atoms with E-state index in [-0.39, 0.29) is 11.8 Å². The second-order valence-corrected chi connectivity index (χ2v) is 6.02. The molecule has 0 saturated carbocycles. The van der Waals surface area contributed by atoms with Gasteiger partial charge in [-0.1, -0.05) is 6.08 Å². The van der Waals surface area contributed by atoms with E-state index in [1.165, 1.54) is 6.42 Å². The van der Waals surface area contributed by atoms with Gasteiger partial charge in [-0.3, -0.25) is 9.59 Å². The van der Waals surface area contributed by atoms with Gasteiger partial charge in [0, 0.05) is 29.9 Å². The van der Waals surface area contributed by atoms with Crippen molar-refractivity contribution in [3.05, 3.63) is 41.5 Å². The number of benzene rings is 1. The van der Waals surface area contributed by atoms with Crippen LogP contribution in [0, 0.1) is 0 Å². The third-order valence-corrected chi connectivity index (χ3v) is 4.66. The number of hydrogen-bond donors (Lipinski definition) is 1. The number of rotatable bonds is 1. The van der Waals surface area contributed by atoms with Gasteiger partial charge in [-0.05, 0) is 43.5 Å². The van der Waals surface area contributed by atoms with Crippen LogP contribution in [0.3, 0.4) is 0 Å². The van der Waals surface area contributed by atoms with Crippen LogP contribution >= 0.6 is 0 Å². The van der Waals surface area contributed by atoms with E-state index in [0.29, 0.717) is 12.2 Å². The van der Waals surface area contributed by atoms with Crippen LogP contribution in [0.5, 0.6) is 0 Å². The van der Waals surface area contributed by atoms with Crippen molar-refractivity contribution in [1.29, 1.82) is 0 Å². The minimum atomic E-state index is -1.05. The monoisotopic (exact) mass is 298 g/mol. The molecule has 0 aliphatic carbocycles. The van der Waals surface area contributed by atoms with Gasteiger partial charge in [-0.25, -0.2) is 0 Å². The van der Waals surface area contributed by atoms with Crippen molar-refractivity contribution in [3.8, 4) is 0 Å². The van der Waals surface area contributed by atoms with Crippen molar-refractivity contribution in [1.82, 2.24) is 4.90 Å². The predicted molar refractivity (Wildman–Crippen MR) is 81.6 cm³/mol. The third-order valence-electron chi connectivity index (χ3n) is 4.66. The Hall–Kier alpha value is -2.14. The Balaban J connectivity index is 1.70. The molecular weight excluding hydrogens is 280 g/mol. The molecule has 1 atom stereocenters. The average molecular weight is 298 g/mol. The van der Waals surface area contributed by atoms with Crippen LogP contribution in [0.15, 0.2) is 30.4 Å². The highest BCUT2D eigenvalue weighted by atomic mass is 16.5. The molecule has 1 fully saturated rings. The summed E-state index contributed by atoms with van der Waals surface area (Å²) in [5.41, 5.74) is 1.05. The third kappa shape index (κ3) is 1.89. The Morgan fingerprint density at radius 1 is 1.23 bits per heavy atom. The maximum absolute atomic E-state index is 12.6. The normalized spacial score (nSPS) is 26.4. The molecule has 2 amide bonds. The van der Waals surface area contributed by atoms with Gasteiger partial charge in [0.05, 0.1) is 6.61 Å². The lowest BCUT2D eigenvalue weighted by atomic mass is 9.93. The Kier molecular flexibility index (Phi) is 3.04. The summed E-state index contributed by atoms with van der Waals surface area (Å²) in [6.45, 7) is 2.04. The van der Waals surface area contributed by atoms with Gasteiger partial charge in [0.2, 0.25) is 0 Å². The Labute approximate surface area is 128 Å². The molecule has 5 heteroatoms. The zero-order chi connectivity index (χ0) is 15.2. The number of fused-ring (bicyclic) bond motifs is 2. The van der Waals surface area contributed by atoms with E-state index in [2.05, 4.69) is 5.32 Å². The van der Waals surface area contributed by atoms with Gasteiger partial charge in [0.15, 0.2) is 5.60 Å². The summed E-state index contributed by atoms with van der Waals surface area (Å²) in [4.78, 5) is 26.8. The molecule has 3 aliphatic heterocycles. The van der Waals surface area contributed by atoms with Crippen LogP contribution in [0.2, 0.25) is 0 Å². The number of carbonyl (C=O) groups is 2. The molecule has 1 aromatic rings. The molecule has 4 rings (SSSR count). The molecule has 1 unspecified atom stereocenters. The summed E-state index contributed by atoms with van der Waals surface area (Å²) < 4.78 is 5.67. The number of likely N-dealkylation sites (tertiary alicyclic amines) is 1. The van der Waals surface area contributed by atoms with E-state index < -0.39 is 5.60 Å². The van der Waals surface area contributed by atoms with Crippen LogP contribution in [-0.4, -0.2) is 36.4 Å². The summed E-state index contributed by atoms with van der Waals surface area (Å²) in [6, 6.07) is 5.39. The molecule has 3 aliphatic rings. The van der Waals surface area contributed by atoms with Crippen LogP contribution in [0.25, 0.3) is 0 Å². The lowest BCUT2D eigenvalue weighted by Crippen LogP contribution is -2.36. The van der Waals surface area contributed by atoms with Gasteiger partial charge in [0.25, 0.3) is 11.8 Å². The second-order valence-electron chi connectivity index (χ2n) is 6.02. The van der Waals surface area contributed by atoms with Crippen molar-refractivity contribution >= 4 is 17.5 Å². The summed E-state index contributed by atoms with van der Waals surface area (Å²) in [5, 5.41) is 2.84. The quantitative estimate of drug-likeness (QED) is 0.807. The molecule has 1 N–H and O–H groups in total. The first kappa shape index (κ1) is 13.5. The lowest BCUT2D eigenvalue weighted by Gasteiger charge is -2.27. The molecule has 1 saturated heterocycles. The van der Waals surface area contributed by atoms with Gasteiger partial charge < -0.3 is 15.0 Å². The number of hydrogen-bond acceptors (Lipinski definition) is 3. The van der Waals surface area contributed by atoms with Crippen molar-refractivity contribution in [2.75, 3.05) is 25.0 Å². The Morgan fingerprint density at radius 2 is 2.05 bits per heavy atom. The summed E-state index contributed by atoms with van der Waals surface area (Å²) in [6.07, 6.45) is 6.93. The van der Waals surface area contributed by atoms with Gasteiger partial charge >= 0.3 is 0 Å². The first-order valence-electron chi connectivity index (χ1n) is 7.78. The van der Waals surface area contributed by atoms with Crippen LogP contribution in [0.1, 0.15) is 35.2 Å². The number of anilines is 1. The maximum atomic E-state index is 12.6. The van der Waals surface area contributed by atoms with Crippen molar-refractivity contribution < 1.29 is 14.3 Å². The van der Waals surface area contributed by atoms with E-state index in [4.69, 9.17) is 4.74 Å². The fourth-order valence-corrected chi connectivity index (χ4v) is 3.46. The Bertz CT molecular complexity index is 676. The Morgan fingerprint density at radius 3 is 2.77 bits per heavy atom. The average Bonchev–Trinajstić information content (AvgIpc) is 3.15. The van der Waals surface area contributed by atoms with Gasteiger partial charge in [0.1, 0.15) is 0 Å². The van der Waals surface area contributed by atoms with E-state index in [1.807, 2.05) is 11.0 Å². The summed E-state index contributed by atoms with van der Waals surface area (Å²) in [5.74, 6) is -0.141. The molecule has 1 aromatic carbocycles. The molecule has 3 heterocycles. The molecule has 22 heavy (non-hydrogen) atoms. The van der Waals surface area contributed by atoms with E-state index in [0.717, 1.165) is 37.2 Å². The zero-order valence-electron chi connectivity index (χ0n) is 12.3. The van der Waals surface area contributed by atoms with Crippen molar-refractivity contribution in [2.24, 2.45) is 0 Å². The van der Waals surface area contributed by atoms with Crippen molar-refractivity contribution in [3.63, 3.8) is 0 Å². The van der Waals surface area contributed by atoms with Gasteiger partial charge in [-0.15, -0.1) is 0 Å². The fraction of sp³-hybridized carbons (Fsp3) is 0.412. The summed E-state index contributed by atoms with van der Waals surface area (Å²) >= 11 is 0. The van der Waals surface area contributed by atoms with Crippen LogP contribution < -0.4 is 5.32 Å². The number of piperidine rings is 1. The van der Waals surface area contributed by atoms with E-state index >= 15 is 0 Å². The van der Waals surface area contributed by atoms with E-state index in [9.17, 15) is 9.59 Å². The number of nitrogens with one attached hydrogen (secondary N) is 1. The van der Waals surface area contributed by atoms with Crippen LogP contribution in [0.4, 0.5) is 5.69 Å². The first-order chi connectivity index (χ1) is 10.7. The molecule has 0 aromatic heterocycles. The molecule has 1 spiro atoms. The number of nitrogens with zero attached hydrogens (tertiary/aromatic N) is 1. The molecule has 0 radical (unpaired) electrons. The topological polar surface area (TPSA) is 58.6 Å². The smallest absolute Gasteiger partial charge is 0.265 e. The minimum absolute atomic E-state index is 0.0407. The van der Waals surface area contributed by atoms with Crippen LogP contribution in [-0.2, 0) is 15.1 Å². The number of amides is 2. The molecule has 5 nitrogen and oxygen atoms in total. The highest BCUT2D eigenvalue weighted by Gasteiger charge is 2.48. The molecule has 0 bridgehead atoms.